The average Bonchev–Trinajstić information content (AvgIpc) is 2.72. The maximum atomic E-state index is 12.1. The van der Waals surface area contributed by atoms with E-state index in [0.717, 1.165) is 8.26 Å². The van der Waals surface area contributed by atoms with E-state index in [9.17, 15) is 9.59 Å². The molecule has 2 aromatic rings. The van der Waals surface area contributed by atoms with Gasteiger partial charge in [-0.2, -0.15) is 0 Å². The average molecular weight is 419 g/mol. The zero-order chi connectivity index (χ0) is 14.9. The number of rotatable bonds is 3. The Morgan fingerprint density at radius 2 is 1.95 bits per heavy atom. The van der Waals surface area contributed by atoms with Crippen molar-refractivity contribution in [3.63, 3.8) is 0 Å². The minimum atomic E-state index is -1.01. The lowest BCUT2D eigenvalue weighted by molar-refractivity contribution is 0.0695. The topological polar surface area (TPSA) is 66.4 Å². The van der Waals surface area contributed by atoms with Crippen LogP contribution < -0.4 is 5.32 Å². The number of aryl methyl sites for hydroxylation is 1. The third-order valence-corrected chi connectivity index (χ3v) is 5.85. The third-order valence-electron chi connectivity index (χ3n) is 2.59. The number of carbonyl (C=O) groups is 2. The Morgan fingerprint density at radius 3 is 2.50 bits per heavy atom. The number of thiophene rings is 1. The molecule has 1 heterocycles. The van der Waals surface area contributed by atoms with E-state index in [1.807, 2.05) is 0 Å². The lowest BCUT2D eigenvalue weighted by Gasteiger charge is -2.06. The van der Waals surface area contributed by atoms with E-state index in [0.29, 0.717) is 16.1 Å². The van der Waals surface area contributed by atoms with Crippen LogP contribution in [0.2, 0.25) is 0 Å². The molecule has 1 aromatic heterocycles. The van der Waals surface area contributed by atoms with Crippen molar-refractivity contribution in [2.24, 2.45) is 0 Å². The summed E-state index contributed by atoms with van der Waals surface area (Å²) in [5.74, 6) is -1.29. The molecule has 0 aliphatic rings. The van der Waals surface area contributed by atoms with Gasteiger partial charge in [0, 0.05) is 10.2 Å². The SMILES string of the molecule is Cc1ccc(NC(=O)c2cc(Br)c(Br)s2)cc1C(=O)O. The van der Waals surface area contributed by atoms with Crippen LogP contribution in [-0.2, 0) is 0 Å². The molecule has 104 valence electrons. The third kappa shape index (κ3) is 3.28. The maximum absolute atomic E-state index is 12.1. The van der Waals surface area contributed by atoms with Crippen LogP contribution in [-0.4, -0.2) is 17.0 Å². The van der Waals surface area contributed by atoms with Gasteiger partial charge in [0.2, 0.25) is 0 Å². The minimum Gasteiger partial charge on any atom is -0.478 e. The van der Waals surface area contributed by atoms with Crippen molar-refractivity contribution in [1.82, 2.24) is 0 Å². The molecule has 20 heavy (non-hydrogen) atoms. The van der Waals surface area contributed by atoms with Gasteiger partial charge in [-0.25, -0.2) is 4.79 Å². The molecule has 0 aliphatic heterocycles. The molecule has 0 fully saturated rings. The van der Waals surface area contributed by atoms with Gasteiger partial charge < -0.3 is 10.4 Å². The normalized spacial score (nSPS) is 10.3. The minimum absolute atomic E-state index is 0.177. The lowest BCUT2D eigenvalue weighted by Crippen LogP contribution is -2.11. The highest BCUT2D eigenvalue weighted by Crippen LogP contribution is 2.32. The van der Waals surface area contributed by atoms with Gasteiger partial charge in [0.25, 0.3) is 5.91 Å². The molecule has 0 atom stereocenters. The Morgan fingerprint density at radius 1 is 1.25 bits per heavy atom. The van der Waals surface area contributed by atoms with E-state index in [2.05, 4.69) is 37.2 Å². The number of aromatic carboxylic acids is 1. The van der Waals surface area contributed by atoms with Crippen LogP contribution in [0.25, 0.3) is 0 Å². The van der Waals surface area contributed by atoms with Crippen LogP contribution in [0.5, 0.6) is 0 Å². The second-order valence-electron chi connectivity index (χ2n) is 4.02. The second-order valence-corrected chi connectivity index (χ2v) is 7.25. The first-order valence-electron chi connectivity index (χ1n) is 5.48. The number of amides is 1. The summed E-state index contributed by atoms with van der Waals surface area (Å²) in [7, 11) is 0. The van der Waals surface area contributed by atoms with Crippen molar-refractivity contribution < 1.29 is 14.7 Å². The summed E-state index contributed by atoms with van der Waals surface area (Å²) in [6.07, 6.45) is 0. The molecule has 1 amide bonds. The molecule has 0 radical (unpaired) electrons. The molecule has 1 aromatic carbocycles. The fraction of sp³-hybridized carbons (Fsp3) is 0.0769. The van der Waals surface area contributed by atoms with Gasteiger partial charge in [-0.1, -0.05) is 6.07 Å². The van der Waals surface area contributed by atoms with Crippen molar-refractivity contribution >= 4 is 60.8 Å². The molecule has 0 aliphatic carbocycles. The zero-order valence-corrected chi connectivity index (χ0v) is 14.2. The quantitative estimate of drug-likeness (QED) is 0.769. The first-order chi connectivity index (χ1) is 9.38. The van der Waals surface area contributed by atoms with Crippen molar-refractivity contribution in [2.75, 3.05) is 5.32 Å². The molecule has 2 N–H and O–H groups in total. The fourth-order valence-electron chi connectivity index (χ4n) is 1.58. The fourth-order valence-corrected chi connectivity index (χ4v) is 3.51. The van der Waals surface area contributed by atoms with Crippen LogP contribution in [0.15, 0.2) is 32.5 Å². The molecule has 4 nitrogen and oxygen atoms in total. The van der Waals surface area contributed by atoms with Gasteiger partial charge in [0.05, 0.1) is 14.2 Å². The highest BCUT2D eigenvalue weighted by molar-refractivity contribution is 9.13. The number of anilines is 1. The summed E-state index contributed by atoms with van der Waals surface area (Å²) in [6, 6.07) is 6.50. The summed E-state index contributed by atoms with van der Waals surface area (Å²) < 4.78 is 1.64. The summed E-state index contributed by atoms with van der Waals surface area (Å²) in [4.78, 5) is 23.6. The zero-order valence-electron chi connectivity index (χ0n) is 10.2. The summed E-state index contributed by atoms with van der Waals surface area (Å²) in [5, 5.41) is 11.7. The molecule has 2 rings (SSSR count). The molecule has 7 heteroatoms. The van der Waals surface area contributed by atoms with Gasteiger partial charge >= 0.3 is 5.97 Å². The number of halogens is 2. The molecule has 0 unspecified atom stereocenters. The van der Waals surface area contributed by atoms with E-state index < -0.39 is 5.97 Å². The number of hydrogen-bond donors (Lipinski definition) is 2. The number of hydrogen-bond acceptors (Lipinski definition) is 3. The Kier molecular flexibility index (Phi) is 4.62. The number of carboxylic acid groups (broad SMARTS) is 1. The van der Waals surface area contributed by atoms with Gasteiger partial charge in [-0.15, -0.1) is 11.3 Å². The van der Waals surface area contributed by atoms with Crippen LogP contribution in [0.1, 0.15) is 25.6 Å². The number of carboxylic acids is 1. The van der Waals surface area contributed by atoms with Gasteiger partial charge in [0.15, 0.2) is 0 Å². The molecule has 0 bridgehead atoms. The number of carbonyl (C=O) groups excluding carboxylic acids is 1. The molecule has 0 saturated heterocycles. The Hall–Kier alpha value is -1.18. The Balaban J connectivity index is 2.24. The summed E-state index contributed by atoms with van der Waals surface area (Å²) >= 11 is 7.94. The van der Waals surface area contributed by atoms with Crippen LogP contribution in [0.4, 0.5) is 5.69 Å². The van der Waals surface area contributed by atoms with E-state index in [-0.39, 0.29) is 11.5 Å². The molecular weight excluding hydrogens is 410 g/mol. The first-order valence-corrected chi connectivity index (χ1v) is 7.89. The van der Waals surface area contributed by atoms with Gasteiger partial charge in [-0.3, -0.25) is 4.79 Å². The van der Waals surface area contributed by atoms with Crippen molar-refractivity contribution in [3.8, 4) is 0 Å². The van der Waals surface area contributed by atoms with Crippen molar-refractivity contribution in [3.05, 3.63) is 48.5 Å². The molecule has 0 spiro atoms. The predicted octanol–water partition coefficient (Wildman–Crippen LogP) is 4.53. The van der Waals surface area contributed by atoms with Crippen LogP contribution in [0, 0.1) is 6.92 Å². The summed E-state index contributed by atoms with van der Waals surface area (Å²) in [6.45, 7) is 1.71. The monoisotopic (exact) mass is 417 g/mol. The number of benzene rings is 1. The Bertz CT molecular complexity index is 677. The van der Waals surface area contributed by atoms with Crippen LogP contribution in [0.3, 0.4) is 0 Å². The first kappa shape index (κ1) is 15.2. The second kappa shape index (κ2) is 6.07. The van der Waals surface area contributed by atoms with E-state index in [1.165, 1.54) is 17.4 Å². The van der Waals surface area contributed by atoms with Gasteiger partial charge in [0.1, 0.15) is 0 Å². The largest absolute Gasteiger partial charge is 0.478 e. The highest BCUT2D eigenvalue weighted by atomic mass is 79.9. The summed E-state index contributed by atoms with van der Waals surface area (Å²) in [5.41, 5.74) is 1.28. The standard InChI is InChI=1S/C13H9Br2NO3S/c1-6-2-3-7(4-8(6)13(18)19)16-12(17)10-5-9(14)11(15)20-10/h2-5H,1H3,(H,16,17)(H,18,19). The van der Waals surface area contributed by atoms with Gasteiger partial charge in [-0.05, 0) is 62.5 Å². The highest BCUT2D eigenvalue weighted by Gasteiger charge is 2.14. The van der Waals surface area contributed by atoms with E-state index in [1.54, 1.807) is 25.1 Å². The lowest BCUT2D eigenvalue weighted by atomic mass is 10.1. The molecular formula is C13H9Br2NO3S. The smallest absolute Gasteiger partial charge is 0.336 e. The number of nitrogens with one attached hydrogen (secondary N) is 1. The maximum Gasteiger partial charge on any atom is 0.336 e. The van der Waals surface area contributed by atoms with Crippen molar-refractivity contribution in [1.29, 1.82) is 0 Å². The van der Waals surface area contributed by atoms with Crippen molar-refractivity contribution in [2.45, 2.75) is 6.92 Å². The van der Waals surface area contributed by atoms with E-state index in [4.69, 9.17) is 5.11 Å². The van der Waals surface area contributed by atoms with Crippen LogP contribution >= 0.6 is 43.2 Å². The van der Waals surface area contributed by atoms with E-state index >= 15 is 0 Å². The molecule has 0 saturated carbocycles. The predicted molar refractivity (Wildman–Crippen MR) is 85.8 cm³/mol. The Labute approximate surface area is 136 Å².